The van der Waals surface area contributed by atoms with Crippen molar-refractivity contribution in [3.05, 3.63) is 79.3 Å². The Morgan fingerprint density at radius 1 is 1.22 bits per heavy atom. The van der Waals surface area contributed by atoms with Crippen LogP contribution in [0.1, 0.15) is 5.69 Å². The third-order valence-electron chi connectivity index (χ3n) is 3.52. The van der Waals surface area contributed by atoms with Crippen LogP contribution in [0.3, 0.4) is 0 Å². The number of hydrogen-bond acceptors (Lipinski definition) is 2. The molecule has 2 heterocycles. The van der Waals surface area contributed by atoms with Crippen molar-refractivity contribution in [2.75, 3.05) is 11.4 Å². The number of fused-ring (bicyclic) bond motifs is 1. The fraction of sp³-hybridized carbons (Fsp3) is 0.111. The van der Waals surface area contributed by atoms with Gasteiger partial charge in [0, 0.05) is 18.4 Å². The Morgan fingerprint density at radius 2 is 2.00 bits per heavy atom. The number of anilines is 1. The first kappa shape index (κ1) is 14.8. The topological polar surface area (TPSA) is 49.6 Å². The number of nitrogens with one attached hydrogen (secondary N) is 1. The summed E-state index contributed by atoms with van der Waals surface area (Å²) in [5.41, 5.74) is 2.64. The van der Waals surface area contributed by atoms with Crippen LogP contribution in [0.25, 0.3) is 5.65 Å². The lowest BCUT2D eigenvalue weighted by Crippen LogP contribution is -2.40. The molecule has 0 unspecified atom stereocenters. The Bertz CT molecular complexity index is 810. The molecule has 1 aromatic carbocycles. The summed E-state index contributed by atoms with van der Waals surface area (Å²) in [6.07, 6.45) is 5.41. The molecule has 0 spiro atoms. The number of para-hydroxylation sites is 1. The highest BCUT2D eigenvalue weighted by Gasteiger charge is 2.17. The van der Waals surface area contributed by atoms with Gasteiger partial charge in [-0.25, -0.2) is 9.78 Å². The molecule has 1 N–H and O–H groups in total. The van der Waals surface area contributed by atoms with E-state index < -0.39 is 0 Å². The van der Waals surface area contributed by atoms with Crippen molar-refractivity contribution in [2.24, 2.45) is 0 Å². The second kappa shape index (κ2) is 6.79. The van der Waals surface area contributed by atoms with Crippen molar-refractivity contribution in [3.8, 4) is 0 Å². The lowest BCUT2D eigenvalue weighted by Gasteiger charge is -2.22. The molecule has 3 rings (SSSR count). The zero-order valence-electron chi connectivity index (χ0n) is 12.7. The highest BCUT2D eigenvalue weighted by Crippen LogP contribution is 2.18. The molecule has 0 aliphatic carbocycles. The van der Waals surface area contributed by atoms with Gasteiger partial charge in [0.15, 0.2) is 0 Å². The third kappa shape index (κ3) is 3.23. The minimum Gasteiger partial charge on any atom is -0.334 e. The number of urea groups is 1. The summed E-state index contributed by atoms with van der Waals surface area (Å²) in [5.74, 6) is 0. The summed E-state index contributed by atoms with van der Waals surface area (Å²) in [6.45, 7) is 4.49. The number of imidazole rings is 1. The highest BCUT2D eigenvalue weighted by molar-refractivity contribution is 5.91. The third-order valence-corrected chi connectivity index (χ3v) is 3.52. The van der Waals surface area contributed by atoms with Gasteiger partial charge >= 0.3 is 6.03 Å². The van der Waals surface area contributed by atoms with Crippen molar-refractivity contribution in [1.82, 2.24) is 14.7 Å². The van der Waals surface area contributed by atoms with Crippen molar-refractivity contribution in [2.45, 2.75) is 6.54 Å². The summed E-state index contributed by atoms with van der Waals surface area (Å²) in [4.78, 5) is 18.6. The van der Waals surface area contributed by atoms with Gasteiger partial charge in [-0.05, 0) is 24.3 Å². The predicted octanol–water partition coefficient (Wildman–Crippen LogP) is 3.24. The molecule has 0 saturated heterocycles. The van der Waals surface area contributed by atoms with Crippen molar-refractivity contribution >= 4 is 17.4 Å². The SMILES string of the molecule is C=CCNC(=O)N(Cc1cnc2ccccn12)c1ccccc1. The van der Waals surface area contributed by atoms with Crippen LogP contribution in [0.5, 0.6) is 0 Å². The summed E-state index contributed by atoms with van der Waals surface area (Å²) in [5, 5.41) is 2.83. The minimum atomic E-state index is -0.165. The quantitative estimate of drug-likeness (QED) is 0.736. The molecule has 2 aromatic heterocycles. The Balaban J connectivity index is 1.92. The zero-order valence-corrected chi connectivity index (χ0v) is 12.7. The summed E-state index contributed by atoms with van der Waals surface area (Å²) in [6, 6.07) is 15.2. The number of hydrogen-bond donors (Lipinski definition) is 1. The van der Waals surface area contributed by atoms with Gasteiger partial charge < -0.3 is 9.72 Å². The van der Waals surface area contributed by atoms with E-state index in [2.05, 4.69) is 16.9 Å². The molecular weight excluding hydrogens is 288 g/mol. The molecule has 0 bridgehead atoms. The molecule has 5 nitrogen and oxygen atoms in total. The maximum atomic E-state index is 12.5. The number of pyridine rings is 1. The highest BCUT2D eigenvalue weighted by atomic mass is 16.2. The second-order valence-electron chi connectivity index (χ2n) is 5.07. The molecule has 0 radical (unpaired) electrons. The number of benzene rings is 1. The van der Waals surface area contributed by atoms with E-state index in [9.17, 15) is 4.79 Å². The summed E-state index contributed by atoms with van der Waals surface area (Å²) in [7, 11) is 0. The van der Waals surface area contributed by atoms with E-state index in [0.717, 1.165) is 17.0 Å². The Labute approximate surface area is 134 Å². The average Bonchev–Trinajstić information content (AvgIpc) is 3.01. The maximum Gasteiger partial charge on any atom is 0.322 e. The van der Waals surface area contributed by atoms with Crippen molar-refractivity contribution in [1.29, 1.82) is 0 Å². The van der Waals surface area contributed by atoms with Crippen LogP contribution in [0, 0.1) is 0 Å². The van der Waals surface area contributed by atoms with E-state index in [1.54, 1.807) is 17.2 Å². The number of nitrogens with zero attached hydrogens (tertiary/aromatic N) is 3. The van der Waals surface area contributed by atoms with Gasteiger partial charge in [-0.2, -0.15) is 0 Å². The van der Waals surface area contributed by atoms with E-state index >= 15 is 0 Å². The van der Waals surface area contributed by atoms with Crippen LogP contribution in [-0.4, -0.2) is 22.0 Å². The number of aromatic nitrogens is 2. The molecular formula is C18H18N4O. The van der Waals surface area contributed by atoms with Crippen LogP contribution in [0.4, 0.5) is 10.5 Å². The molecule has 0 atom stereocenters. The first-order valence-corrected chi connectivity index (χ1v) is 7.42. The smallest absolute Gasteiger partial charge is 0.322 e. The lowest BCUT2D eigenvalue weighted by molar-refractivity contribution is 0.247. The number of carbonyl (C=O) groups excluding carboxylic acids is 1. The fourth-order valence-electron chi connectivity index (χ4n) is 2.41. The number of carbonyl (C=O) groups is 1. The van der Waals surface area contributed by atoms with E-state index in [-0.39, 0.29) is 6.03 Å². The molecule has 3 aromatic rings. The molecule has 2 amide bonds. The largest absolute Gasteiger partial charge is 0.334 e. The Kier molecular flexibility index (Phi) is 4.38. The van der Waals surface area contributed by atoms with Crippen molar-refractivity contribution in [3.63, 3.8) is 0 Å². The maximum absolute atomic E-state index is 12.5. The molecule has 0 aliphatic heterocycles. The van der Waals surface area contributed by atoms with Gasteiger partial charge in [0.1, 0.15) is 5.65 Å². The van der Waals surface area contributed by atoms with Gasteiger partial charge in [-0.1, -0.05) is 30.3 Å². The van der Waals surface area contributed by atoms with Gasteiger partial charge in [-0.3, -0.25) is 4.90 Å². The van der Waals surface area contributed by atoms with Crippen LogP contribution < -0.4 is 10.2 Å². The number of amides is 2. The monoisotopic (exact) mass is 306 g/mol. The molecule has 0 aliphatic rings. The first-order chi connectivity index (χ1) is 11.3. The van der Waals surface area contributed by atoms with Crippen LogP contribution >= 0.6 is 0 Å². The Hall–Kier alpha value is -3.08. The standard InChI is InChI=1S/C18H18N4O/c1-2-11-19-18(23)22(15-8-4-3-5-9-15)14-16-13-20-17-10-6-7-12-21(16)17/h2-10,12-13H,1,11,14H2,(H,19,23). The number of rotatable bonds is 5. The van der Waals surface area contributed by atoms with E-state index in [0.29, 0.717) is 13.1 Å². The Morgan fingerprint density at radius 3 is 2.78 bits per heavy atom. The minimum absolute atomic E-state index is 0.165. The second-order valence-corrected chi connectivity index (χ2v) is 5.07. The summed E-state index contributed by atoms with van der Waals surface area (Å²) < 4.78 is 1.98. The van der Waals surface area contributed by atoms with Gasteiger partial charge in [0.25, 0.3) is 0 Å². The van der Waals surface area contributed by atoms with Crippen LogP contribution in [0.2, 0.25) is 0 Å². The molecule has 0 saturated carbocycles. The summed E-state index contributed by atoms with van der Waals surface area (Å²) >= 11 is 0. The van der Waals surface area contributed by atoms with Gasteiger partial charge in [0.2, 0.25) is 0 Å². The molecule has 5 heteroatoms. The fourth-order valence-corrected chi connectivity index (χ4v) is 2.41. The lowest BCUT2D eigenvalue weighted by atomic mass is 10.3. The van der Waals surface area contributed by atoms with Gasteiger partial charge in [0.05, 0.1) is 18.4 Å². The molecule has 116 valence electrons. The first-order valence-electron chi connectivity index (χ1n) is 7.42. The molecule has 0 fully saturated rings. The zero-order chi connectivity index (χ0) is 16.1. The predicted molar refractivity (Wildman–Crippen MR) is 91.4 cm³/mol. The average molecular weight is 306 g/mol. The van der Waals surface area contributed by atoms with E-state index in [4.69, 9.17) is 0 Å². The van der Waals surface area contributed by atoms with Crippen LogP contribution in [-0.2, 0) is 6.54 Å². The van der Waals surface area contributed by atoms with Crippen molar-refractivity contribution < 1.29 is 4.79 Å². The van der Waals surface area contributed by atoms with E-state index in [1.165, 1.54) is 0 Å². The van der Waals surface area contributed by atoms with Crippen LogP contribution in [0.15, 0.2) is 73.6 Å². The van der Waals surface area contributed by atoms with Gasteiger partial charge in [-0.15, -0.1) is 6.58 Å². The van der Waals surface area contributed by atoms with E-state index in [1.807, 2.05) is 59.1 Å². The normalized spacial score (nSPS) is 10.4. The molecule has 23 heavy (non-hydrogen) atoms.